The van der Waals surface area contributed by atoms with Crippen molar-refractivity contribution in [2.45, 2.75) is 26.2 Å². The summed E-state index contributed by atoms with van der Waals surface area (Å²) in [6.45, 7) is 9.99. The fourth-order valence-corrected chi connectivity index (χ4v) is 1.25. The molecule has 0 unspecified atom stereocenters. The Hall–Kier alpha value is -0.820. The van der Waals surface area contributed by atoms with Gasteiger partial charge in [-0.05, 0) is 6.07 Å². The van der Waals surface area contributed by atoms with E-state index in [9.17, 15) is 0 Å². The number of hydrogen-bond acceptors (Lipinski definition) is 1. The average molecular weight is 196 g/mol. The van der Waals surface area contributed by atoms with E-state index in [1.807, 2.05) is 12.1 Å². The van der Waals surface area contributed by atoms with Crippen molar-refractivity contribution in [3.05, 3.63) is 35.1 Å². The van der Waals surface area contributed by atoms with Gasteiger partial charge in [-0.2, -0.15) is 0 Å². The largest absolute Gasteiger partial charge is 0.240 e. The van der Waals surface area contributed by atoms with E-state index < -0.39 is 0 Å². The van der Waals surface area contributed by atoms with Gasteiger partial charge in [-0.25, -0.2) is 4.98 Å². The molecule has 0 saturated carbocycles. The molecule has 0 radical (unpaired) electrons. The summed E-state index contributed by atoms with van der Waals surface area (Å²) >= 11 is 5.95. The molecular weight excluding hydrogens is 182 g/mol. The summed E-state index contributed by atoms with van der Waals surface area (Å²) in [7, 11) is 0. The zero-order chi connectivity index (χ0) is 10.1. The summed E-state index contributed by atoms with van der Waals surface area (Å²) in [5, 5.41) is 0.530. The van der Waals surface area contributed by atoms with E-state index in [-0.39, 0.29) is 5.41 Å². The standard InChI is InChI=1S/C11H14ClN/c1-5-8-6-7-9(11(2,3)4)13-10(8)12/h5-7H,1H2,2-4H3. The van der Waals surface area contributed by atoms with Gasteiger partial charge in [-0.15, -0.1) is 0 Å². The Kier molecular flexibility index (Phi) is 2.77. The quantitative estimate of drug-likeness (QED) is 0.623. The van der Waals surface area contributed by atoms with Gasteiger partial charge in [0.2, 0.25) is 0 Å². The molecule has 1 aromatic rings. The molecule has 0 saturated heterocycles. The lowest BCUT2D eigenvalue weighted by Crippen LogP contribution is -2.13. The normalized spacial score (nSPS) is 11.4. The Morgan fingerprint density at radius 2 is 2.00 bits per heavy atom. The highest BCUT2D eigenvalue weighted by molar-refractivity contribution is 6.30. The van der Waals surface area contributed by atoms with E-state index in [2.05, 4.69) is 32.3 Å². The second kappa shape index (κ2) is 3.51. The van der Waals surface area contributed by atoms with Crippen molar-refractivity contribution in [1.29, 1.82) is 0 Å². The summed E-state index contributed by atoms with van der Waals surface area (Å²) in [6.07, 6.45) is 1.71. The van der Waals surface area contributed by atoms with Crippen LogP contribution in [0.5, 0.6) is 0 Å². The van der Waals surface area contributed by atoms with Gasteiger partial charge in [0.25, 0.3) is 0 Å². The number of halogens is 1. The first-order valence-corrected chi connectivity index (χ1v) is 4.62. The highest BCUT2D eigenvalue weighted by Gasteiger charge is 2.15. The summed E-state index contributed by atoms with van der Waals surface area (Å²) in [6, 6.07) is 3.94. The molecule has 0 N–H and O–H groups in total. The molecule has 0 aromatic carbocycles. The molecule has 0 fully saturated rings. The summed E-state index contributed by atoms with van der Waals surface area (Å²) < 4.78 is 0. The fraction of sp³-hybridized carbons (Fsp3) is 0.364. The van der Waals surface area contributed by atoms with Crippen LogP contribution in [0.2, 0.25) is 5.15 Å². The second-order valence-corrected chi connectivity index (χ2v) is 4.39. The molecule has 70 valence electrons. The lowest BCUT2D eigenvalue weighted by molar-refractivity contribution is 0.569. The molecule has 0 amide bonds. The molecule has 2 heteroatoms. The van der Waals surface area contributed by atoms with Crippen LogP contribution in [-0.2, 0) is 5.41 Å². The average Bonchev–Trinajstić information content (AvgIpc) is 2.02. The predicted molar refractivity (Wildman–Crippen MR) is 58.0 cm³/mol. The van der Waals surface area contributed by atoms with Crippen LogP contribution in [-0.4, -0.2) is 4.98 Å². The number of hydrogen-bond donors (Lipinski definition) is 0. The third-order valence-corrected chi connectivity index (χ3v) is 2.17. The minimum atomic E-state index is 0.0450. The Morgan fingerprint density at radius 3 is 2.38 bits per heavy atom. The van der Waals surface area contributed by atoms with Crippen molar-refractivity contribution in [3.8, 4) is 0 Å². The highest BCUT2D eigenvalue weighted by Crippen LogP contribution is 2.23. The Labute approximate surface area is 84.5 Å². The maximum Gasteiger partial charge on any atom is 0.136 e. The van der Waals surface area contributed by atoms with Gasteiger partial charge in [-0.1, -0.05) is 51.1 Å². The molecule has 0 bridgehead atoms. The Balaban J connectivity index is 3.17. The monoisotopic (exact) mass is 195 g/mol. The first kappa shape index (κ1) is 10.3. The third kappa shape index (κ3) is 2.31. The van der Waals surface area contributed by atoms with E-state index >= 15 is 0 Å². The molecule has 1 heterocycles. The van der Waals surface area contributed by atoms with Crippen molar-refractivity contribution in [1.82, 2.24) is 4.98 Å². The van der Waals surface area contributed by atoms with Crippen LogP contribution in [0.4, 0.5) is 0 Å². The maximum atomic E-state index is 5.95. The highest BCUT2D eigenvalue weighted by atomic mass is 35.5. The second-order valence-electron chi connectivity index (χ2n) is 4.03. The lowest BCUT2D eigenvalue weighted by Gasteiger charge is -2.17. The lowest BCUT2D eigenvalue weighted by atomic mass is 9.91. The molecule has 1 nitrogen and oxygen atoms in total. The molecule has 0 aliphatic rings. The summed E-state index contributed by atoms with van der Waals surface area (Å²) in [5.41, 5.74) is 1.93. The molecule has 1 rings (SSSR count). The summed E-state index contributed by atoms with van der Waals surface area (Å²) in [5.74, 6) is 0. The van der Waals surface area contributed by atoms with Crippen molar-refractivity contribution in [2.75, 3.05) is 0 Å². The molecule has 0 aliphatic heterocycles. The van der Waals surface area contributed by atoms with Crippen LogP contribution < -0.4 is 0 Å². The zero-order valence-electron chi connectivity index (χ0n) is 8.26. The van der Waals surface area contributed by atoms with Gasteiger partial charge in [-0.3, -0.25) is 0 Å². The molecule has 13 heavy (non-hydrogen) atoms. The van der Waals surface area contributed by atoms with Crippen LogP contribution in [0.25, 0.3) is 6.08 Å². The smallest absolute Gasteiger partial charge is 0.136 e. The molecule has 1 aromatic heterocycles. The first-order chi connectivity index (χ1) is 5.95. The van der Waals surface area contributed by atoms with Gasteiger partial charge < -0.3 is 0 Å². The maximum absolute atomic E-state index is 5.95. The zero-order valence-corrected chi connectivity index (χ0v) is 9.02. The number of rotatable bonds is 1. The molecule has 0 aliphatic carbocycles. The van der Waals surface area contributed by atoms with Crippen LogP contribution in [0.1, 0.15) is 32.0 Å². The number of pyridine rings is 1. The molecular formula is C11H14ClN. The number of aromatic nitrogens is 1. The first-order valence-electron chi connectivity index (χ1n) is 4.24. The number of nitrogens with zero attached hydrogens (tertiary/aromatic N) is 1. The van der Waals surface area contributed by atoms with Crippen molar-refractivity contribution in [2.24, 2.45) is 0 Å². The predicted octanol–water partition coefficient (Wildman–Crippen LogP) is 3.68. The van der Waals surface area contributed by atoms with Gasteiger partial charge >= 0.3 is 0 Å². The van der Waals surface area contributed by atoms with Crippen LogP contribution in [0, 0.1) is 0 Å². The Morgan fingerprint density at radius 1 is 1.38 bits per heavy atom. The van der Waals surface area contributed by atoms with Gasteiger partial charge in [0.1, 0.15) is 5.15 Å². The van der Waals surface area contributed by atoms with Crippen molar-refractivity contribution >= 4 is 17.7 Å². The van der Waals surface area contributed by atoms with E-state index in [0.717, 1.165) is 11.3 Å². The summed E-state index contributed by atoms with van der Waals surface area (Å²) in [4.78, 5) is 4.31. The topological polar surface area (TPSA) is 12.9 Å². The van der Waals surface area contributed by atoms with E-state index in [1.54, 1.807) is 6.08 Å². The fourth-order valence-electron chi connectivity index (χ4n) is 1.02. The Bertz CT molecular complexity index is 323. The van der Waals surface area contributed by atoms with E-state index in [0.29, 0.717) is 5.15 Å². The van der Waals surface area contributed by atoms with Crippen LogP contribution >= 0.6 is 11.6 Å². The van der Waals surface area contributed by atoms with E-state index in [4.69, 9.17) is 11.6 Å². The van der Waals surface area contributed by atoms with E-state index in [1.165, 1.54) is 0 Å². The third-order valence-electron chi connectivity index (χ3n) is 1.87. The SMILES string of the molecule is C=Cc1ccc(C(C)(C)C)nc1Cl. The minimum Gasteiger partial charge on any atom is -0.240 e. The minimum absolute atomic E-state index is 0.0450. The van der Waals surface area contributed by atoms with Gasteiger partial charge in [0, 0.05) is 16.7 Å². The van der Waals surface area contributed by atoms with Gasteiger partial charge in [0.15, 0.2) is 0 Å². The molecule has 0 atom stereocenters. The van der Waals surface area contributed by atoms with Gasteiger partial charge in [0.05, 0.1) is 0 Å². The van der Waals surface area contributed by atoms with Crippen molar-refractivity contribution in [3.63, 3.8) is 0 Å². The van der Waals surface area contributed by atoms with Crippen molar-refractivity contribution < 1.29 is 0 Å². The van der Waals surface area contributed by atoms with Crippen LogP contribution in [0.15, 0.2) is 18.7 Å². The molecule has 0 spiro atoms. The van der Waals surface area contributed by atoms with Crippen LogP contribution in [0.3, 0.4) is 0 Å².